The van der Waals surface area contributed by atoms with Crippen LogP contribution < -0.4 is 9.50 Å². The van der Waals surface area contributed by atoms with Gasteiger partial charge in [0, 0.05) is 11.2 Å². The second-order valence-corrected chi connectivity index (χ2v) is 6.80. The van der Waals surface area contributed by atoms with E-state index >= 15 is 0 Å². The van der Waals surface area contributed by atoms with E-state index in [4.69, 9.17) is 0 Å². The van der Waals surface area contributed by atoms with Crippen LogP contribution in [0.2, 0.25) is 0 Å². The summed E-state index contributed by atoms with van der Waals surface area (Å²) < 4.78 is 62.3. The highest BCUT2D eigenvalue weighted by atomic mass is 32.2. The first-order valence-corrected chi connectivity index (χ1v) is 7.77. The van der Waals surface area contributed by atoms with Crippen LogP contribution in [0.5, 0.6) is 5.75 Å². The van der Waals surface area contributed by atoms with E-state index in [-0.39, 0.29) is 11.3 Å². The zero-order valence-corrected chi connectivity index (χ0v) is 12.8. The fraction of sp³-hybridized carbons (Fsp3) is 0.538. The van der Waals surface area contributed by atoms with Crippen LogP contribution in [0.3, 0.4) is 0 Å². The van der Waals surface area contributed by atoms with Crippen LogP contribution >= 0.6 is 0 Å². The third-order valence-corrected chi connectivity index (χ3v) is 3.68. The predicted molar refractivity (Wildman–Crippen MR) is 74.7 cm³/mol. The SMILES string of the molecule is CCCC(C)(C)Nc1ccc(OS(=O)(=O)C(F)(F)F)cc1. The van der Waals surface area contributed by atoms with Gasteiger partial charge in [0.15, 0.2) is 0 Å². The van der Waals surface area contributed by atoms with E-state index in [0.717, 1.165) is 12.8 Å². The van der Waals surface area contributed by atoms with Crippen LogP contribution in [-0.2, 0) is 10.1 Å². The lowest BCUT2D eigenvalue weighted by Gasteiger charge is -2.27. The maximum absolute atomic E-state index is 12.2. The smallest absolute Gasteiger partial charge is 0.380 e. The first-order chi connectivity index (χ1) is 9.47. The molecule has 0 aliphatic heterocycles. The minimum atomic E-state index is -5.63. The second kappa shape index (κ2) is 6.13. The largest absolute Gasteiger partial charge is 0.534 e. The van der Waals surface area contributed by atoms with Gasteiger partial charge in [-0.05, 0) is 44.5 Å². The lowest BCUT2D eigenvalue weighted by atomic mass is 9.98. The zero-order valence-electron chi connectivity index (χ0n) is 12.0. The quantitative estimate of drug-likeness (QED) is 0.636. The van der Waals surface area contributed by atoms with E-state index in [2.05, 4.69) is 9.50 Å². The molecular formula is C13H18F3NO3S. The summed E-state index contributed by atoms with van der Waals surface area (Å²) in [6, 6.07) is 5.29. The fourth-order valence-corrected chi connectivity index (χ4v) is 2.30. The van der Waals surface area contributed by atoms with Crippen molar-refractivity contribution in [2.45, 2.75) is 44.7 Å². The van der Waals surface area contributed by atoms with Crippen molar-refractivity contribution in [3.63, 3.8) is 0 Å². The Morgan fingerprint density at radius 1 is 1.14 bits per heavy atom. The van der Waals surface area contributed by atoms with E-state index in [1.165, 1.54) is 24.3 Å². The standard InChI is InChI=1S/C13H18F3NO3S/c1-4-9-12(2,3)17-10-5-7-11(8-6-10)20-21(18,19)13(14,15)16/h5-8,17H,4,9H2,1-3H3. The van der Waals surface area contributed by atoms with E-state index in [1.807, 2.05) is 20.8 Å². The third-order valence-electron chi connectivity index (χ3n) is 2.70. The van der Waals surface area contributed by atoms with Gasteiger partial charge in [-0.2, -0.15) is 21.6 Å². The van der Waals surface area contributed by atoms with Gasteiger partial charge >= 0.3 is 15.6 Å². The molecule has 21 heavy (non-hydrogen) atoms. The summed E-state index contributed by atoms with van der Waals surface area (Å²) in [5.74, 6) is -0.383. The Balaban J connectivity index is 2.80. The summed E-state index contributed by atoms with van der Waals surface area (Å²) in [6.45, 7) is 6.03. The van der Waals surface area contributed by atoms with Crippen molar-refractivity contribution in [1.29, 1.82) is 0 Å². The molecule has 4 nitrogen and oxygen atoms in total. The van der Waals surface area contributed by atoms with Gasteiger partial charge in [0.2, 0.25) is 0 Å². The Labute approximate surface area is 122 Å². The number of rotatable bonds is 6. The maximum Gasteiger partial charge on any atom is 0.534 e. The molecule has 0 bridgehead atoms. The molecule has 1 N–H and O–H groups in total. The average molecular weight is 325 g/mol. The Morgan fingerprint density at radius 2 is 1.67 bits per heavy atom. The molecule has 0 aromatic heterocycles. The molecule has 0 aliphatic carbocycles. The summed E-state index contributed by atoms with van der Waals surface area (Å²) in [7, 11) is -5.63. The lowest BCUT2D eigenvalue weighted by molar-refractivity contribution is -0.0500. The first kappa shape index (κ1) is 17.6. The van der Waals surface area contributed by atoms with Crippen molar-refractivity contribution >= 4 is 15.8 Å². The summed E-state index contributed by atoms with van der Waals surface area (Å²) in [4.78, 5) is 0. The van der Waals surface area contributed by atoms with Crippen LogP contribution in [0, 0.1) is 0 Å². The van der Waals surface area contributed by atoms with Gasteiger partial charge in [-0.3, -0.25) is 0 Å². The van der Waals surface area contributed by atoms with Crippen LogP contribution in [0.15, 0.2) is 24.3 Å². The molecule has 0 unspecified atom stereocenters. The normalized spacial score (nSPS) is 13.0. The molecule has 1 rings (SSSR count). The molecule has 120 valence electrons. The van der Waals surface area contributed by atoms with Gasteiger partial charge in [0.05, 0.1) is 0 Å². The Hall–Kier alpha value is -1.44. The van der Waals surface area contributed by atoms with Crippen molar-refractivity contribution in [3.8, 4) is 5.75 Å². The number of hydrogen-bond acceptors (Lipinski definition) is 4. The van der Waals surface area contributed by atoms with Gasteiger partial charge < -0.3 is 9.50 Å². The van der Waals surface area contributed by atoms with E-state index in [9.17, 15) is 21.6 Å². The average Bonchev–Trinajstić information content (AvgIpc) is 2.29. The van der Waals surface area contributed by atoms with Crippen molar-refractivity contribution < 1.29 is 25.8 Å². The highest BCUT2D eigenvalue weighted by molar-refractivity contribution is 7.87. The molecule has 0 spiro atoms. The number of alkyl halides is 3. The first-order valence-electron chi connectivity index (χ1n) is 6.36. The summed E-state index contributed by atoms with van der Waals surface area (Å²) in [5.41, 5.74) is -4.94. The van der Waals surface area contributed by atoms with Crippen molar-refractivity contribution in [3.05, 3.63) is 24.3 Å². The van der Waals surface area contributed by atoms with Crippen LogP contribution in [-0.4, -0.2) is 19.5 Å². The van der Waals surface area contributed by atoms with Gasteiger partial charge in [-0.1, -0.05) is 13.3 Å². The van der Waals surface area contributed by atoms with Crippen LogP contribution in [0.1, 0.15) is 33.6 Å². The minimum absolute atomic E-state index is 0.171. The summed E-state index contributed by atoms with van der Waals surface area (Å²) in [6.07, 6.45) is 1.89. The molecule has 0 fully saturated rings. The molecule has 0 saturated carbocycles. The number of anilines is 1. The van der Waals surface area contributed by atoms with E-state index in [0.29, 0.717) is 5.69 Å². The summed E-state index contributed by atoms with van der Waals surface area (Å²) >= 11 is 0. The van der Waals surface area contributed by atoms with Crippen LogP contribution in [0.4, 0.5) is 18.9 Å². The highest BCUT2D eigenvalue weighted by Crippen LogP contribution is 2.28. The number of benzene rings is 1. The second-order valence-electron chi connectivity index (χ2n) is 5.27. The maximum atomic E-state index is 12.2. The van der Waals surface area contributed by atoms with E-state index < -0.39 is 15.6 Å². The number of hydrogen-bond donors (Lipinski definition) is 1. The zero-order chi connectivity index (χ0) is 16.3. The molecule has 1 aromatic carbocycles. The Morgan fingerprint density at radius 3 is 2.10 bits per heavy atom. The Bertz CT molecular complexity index is 565. The van der Waals surface area contributed by atoms with Crippen molar-refractivity contribution in [2.75, 3.05) is 5.32 Å². The molecule has 0 heterocycles. The van der Waals surface area contributed by atoms with Crippen molar-refractivity contribution in [2.24, 2.45) is 0 Å². The van der Waals surface area contributed by atoms with Gasteiger partial charge in [-0.25, -0.2) is 0 Å². The predicted octanol–water partition coefficient (Wildman–Crippen LogP) is 3.91. The minimum Gasteiger partial charge on any atom is -0.380 e. The molecule has 0 atom stereocenters. The number of nitrogens with one attached hydrogen (secondary N) is 1. The van der Waals surface area contributed by atoms with Crippen molar-refractivity contribution in [1.82, 2.24) is 0 Å². The topological polar surface area (TPSA) is 55.4 Å². The molecule has 0 aliphatic rings. The molecular weight excluding hydrogens is 307 g/mol. The monoisotopic (exact) mass is 325 g/mol. The fourth-order valence-electron chi connectivity index (χ4n) is 1.85. The number of halogens is 3. The van der Waals surface area contributed by atoms with Gasteiger partial charge in [0.25, 0.3) is 0 Å². The molecule has 1 aromatic rings. The lowest BCUT2D eigenvalue weighted by Crippen LogP contribution is -2.30. The van der Waals surface area contributed by atoms with Gasteiger partial charge in [0.1, 0.15) is 5.75 Å². The van der Waals surface area contributed by atoms with Crippen LogP contribution in [0.25, 0.3) is 0 Å². The highest BCUT2D eigenvalue weighted by Gasteiger charge is 2.48. The molecule has 0 saturated heterocycles. The molecule has 0 amide bonds. The van der Waals surface area contributed by atoms with Gasteiger partial charge in [-0.15, -0.1) is 0 Å². The molecule has 8 heteroatoms. The molecule has 0 radical (unpaired) electrons. The summed E-state index contributed by atoms with van der Waals surface area (Å²) in [5, 5.41) is 3.21. The third kappa shape index (κ3) is 5.11. The van der Waals surface area contributed by atoms with E-state index in [1.54, 1.807) is 0 Å². The Kier molecular flexibility index (Phi) is 5.14.